The van der Waals surface area contributed by atoms with Crippen molar-refractivity contribution in [3.63, 3.8) is 0 Å². The summed E-state index contributed by atoms with van der Waals surface area (Å²) in [6.45, 7) is 8.83. The van der Waals surface area contributed by atoms with Gasteiger partial charge in [-0.25, -0.2) is 4.57 Å². The maximum absolute atomic E-state index is 12.4. The summed E-state index contributed by atoms with van der Waals surface area (Å²) < 4.78 is 23.2. The highest BCUT2D eigenvalue weighted by Gasteiger charge is 2.25. The summed E-state index contributed by atoms with van der Waals surface area (Å²) in [6, 6.07) is 0. The van der Waals surface area contributed by atoms with Gasteiger partial charge in [0.25, 0.3) is 0 Å². The van der Waals surface area contributed by atoms with E-state index in [4.69, 9.17) is 9.05 Å². The van der Waals surface area contributed by atoms with Crippen LogP contribution in [0.5, 0.6) is 0 Å². The molecular weight excluding hydrogens is 517 g/mol. The predicted octanol–water partition coefficient (Wildman–Crippen LogP) is 11.6. The Hall–Kier alpha value is 0.0700. The van der Waals surface area contributed by atoms with Gasteiger partial charge < -0.3 is 9.79 Å². The number of rotatable bonds is 33. The molecule has 0 radical (unpaired) electrons. The molecule has 0 saturated heterocycles. The standard InChI is InChI=1S/C34H72NO4P/c1-5-8-10-12-14-16-18-19-20-21-23-25-27-29-33-38-40(36,37)39-34(7-3)30-32-35(4)31-28-26-24-22-17-15-13-11-9-6-2/h34H,5-33H2,1-4H3,(H,36,37). The van der Waals surface area contributed by atoms with Crippen LogP contribution >= 0.6 is 7.82 Å². The fourth-order valence-corrected chi connectivity index (χ4v) is 6.42. The van der Waals surface area contributed by atoms with Gasteiger partial charge in [0.2, 0.25) is 0 Å². The van der Waals surface area contributed by atoms with Crippen LogP contribution in [0.3, 0.4) is 0 Å². The minimum Gasteiger partial charge on any atom is -0.306 e. The van der Waals surface area contributed by atoms with Crippen LogP contribution in [0.1, 0.15) is 188 Å². The molecule has 6 heteroatoms. The van der Waals surface area contributed by atoms with E-state index < -0.39 is 7.82 Å². The second-order valence-corrected chi connectivity index (χ2v) is 13.7. The number of phosphoric acid groups is 1. The maximum Gasteiger partial charge on any atom is 0.472 e. The van der Waals surface area contributed by atoms with E-state index >= 15 is 0 Å². The van der Waals surface area contributed by atoms with Gasteiger partial charge in [0.15, 0.2) is 0 Å². The van der Waals surface area contributed by atoms with Gasteiger partial charge in [-0.15, -0.1) is 0 Å². The van der Waals surface area contributed by atoms with Gasteiger partial charge in [-0.3, -0.25) is 9.05 Å². The van der Waals surface area contributed by atoms with Crippen LogP contribution in [0.4, 0.5) is 0 Å². The van der Waals surface area contributed by atoms with E-state index in [0.717, 1.165) is 38.8 Å². The molecule has 0 bridgehead atoms. The molecule has 0 aromatic carbocycles. The van der Waals surface area contributed by atoms with Crippen LogP contribution < -0.4 is 0 Å². The summed E-state index contributed by atoms with van der Waals surface area (Å²) in [5.74, 6) is 0. The number of hydrogen-bond acceptors (Lipinski definition) is 4. The molecular formula is C34H72NO4P. The van der Waals surface area contributed by atoms with Crippen LogP contribution in [0.2, 0.25) is 0 Å². The van der Waals surface area contributed by atoms with Crippen molar-refractivity contribution in [2.24, 2.45) is 0 Å². The predicted molar refractivity (Wildman–Crippen MR) is 175 cm³/mol. The molecule has 2 atom stereocenters. The lowest BCUT2D eigenvalue weighted by molar-refractivity contribution is 0.0897. The van der Waals surface area contributed by atoms with E-state index in [1.54, 1.807) is 0 Å². The fraction of sp³-hybridized carbons (Fsp3) is 1.00. The highest BCUT2D eigenvalue weighted by atomic mass is 31.2. The number of nitrogens with zero attached hydrogens (tertiary/aromatic N) is 1. The van der Waals surface area contributed by atoms with Gasteiger partial charge in [-0.2, -0.15) is 0 Å². The minimum atomic E-state index is -3.98. The fourth-order valence-electron chi connectivity index (χ4n) is 5.37. The van der Waals surface area contributed by atoms with E-state index in [1.807, 2.05) is 6.92 Å². The Balaban J connectivity index is 3.66. The first-order valence-corrected chi connectivity index (χ1v) is 19.3. The van der Waals surface area contributed by atoms with Gasteiger partial charge in [0.1, 0.15) is 0 Å². The van der Waals surface area contributed by atoms with E-state index in [0.29, 0.717) is 6.61 Å². The Morgan fingerprint density at radius 3 is 1.35 bits per heavy atom. The normalized spacial score (nSPS) is 14.2. The third kappa shape index (κ3) is 29.6. The average molecular weight is 590 g/mol. The molecule has 0 heterocycles. The molecule has 0 aromatic heterocycles. The molecule has 0 fully saturated rings. The van der Waals surface area contributed by atoms with E-state index in [-0.39, 0.29) is 6.10 Å². The first kappa shape index (κ1) is 40.1. The van der Waals surface area contributed by atoms with Crippen molar-refractivity contribution in [2.75, 3.05) is 26.7 Å². The molecule has 1 N–H and O–H groups in total. The van der Waals surface area contributed by atoms with Gasteiger partial charge >= 0.3 is 7.82 Å². The van der Waals surface area contributed by atoms with Gasteiger partial charge in [0, 0.05) is 6.54 Å². The lowest BCUT2D eigenvalue weighted by Crippen LogP contribution is -2.25. The smallest absolute Gasteiger partial charge is 0.306 e. The molecule has 0 aromatic rings. The van der Waals surface area contributed by atoms with Gasteiger partial charge in [0.05, 0.1) is 12.7 Å². The molecule has 2 unspecified atom stereocenters. The lowest BCUT2D eigenvalue weighted by Gasteiger charge is -2.23. The van der Waals surface area contributed by atoms with Gasteiger partial charge in [-0.05, 0) is 39.3 Å². The second-order valence-electron chi connectivity index (χ2n) is 12.3. The lowest BCUT2D eigenvalue weighted by atomic mass is 10.0. The molecule has 0 aliphatic carbocycles. The van der Waals surface area contributed by atoms with Crippen molar-refractivity contribution in [3.8, 4) is 0 Å². The Morgan fingerprint density at radius 1 is 0.575 bits per heavy atom. The summed E-state index contributed by atoms with van der Waals surface area (Å²) in [5.41, 5.74) is 0. The minimum absolute atomic E-state index is 0.234. The number of phosphoric ester groups is 1. The molecule has 0 aliphatic heterocycles. The number of unbranched alkanes of at least 4 members (excludes halogenated alkanes) is 22. The molecule has 0 spiro atoms. The largest absolute Gasteiger partial charge is 0.472 e. The summed E-state index contributed by atoms with van der Waals surface area (Å²) in [5, 5.41) is 0. The van der Waals surface area contributed by atoms with Crippen LogP contribution in [0.25, 0.3) is 0 Å². The number of hydrogen-bond donors (Lipinski definition) is 1. The average Bonchev–Trinajstić information content (AvgIpc) is 2.94. The third-order valence-electron chi connectivity index (χ3n) is 8.22. The second kappa shape index (κ2) is 30.5. The van der Waals surface area contributed by atoms with E-state index in [1.165, 1.54) is 141 Å². The third-order valence-corrected chi connectivity index (χ3v) is 9.29. The SMILES string of the molecule is CCCCCCCCCCCCCCCCOP(=O)(O)OC(CC)CCN(C)CCCCCCCCCCCC. The summed E-state index contributed by atoms with van der Waals surface area (Å²) >= 11 is 0. The molecule has 0 amide bonds. The van der Waals surface area contributed by atoms with Crippen molar-refractivity contribution in [1.82, 2.24) is 4.90 Å². The molecule has 0 rings (SSSR count). The maximum atomic E-state index is 12.4. The van der Waals surface area contributed by atoms with Crippen LogP contribution in [-0.2, 0) is 13.6 Å². The van der Waals surface area contributed by atoms with Crippen molar-refractivity contribution in [1.29, 1.82) is 0 Å². The summed E-state index contributed by atoms with van der Waals surface area (Å²) in [4.78, 5) is 12.5. The van der Waals surface area contributed by atoms with Crippen molar-refractivity contribution >= 4 is 7.82 Å². The quantitative estimate of drug-likeness (QED) is 0.0609. The first-order chi connectivity index (χ1) is 19.4. The summed E-state index contributed by atoms with van der Waals surface area (Å²) in [7, 11) is -1.83. The van der Waals surface area contributed by atoms with Crippen LogP contribution in [0.15, 0.2) is 0 Å². The zero-order chi connectivity index (χ0) is 29.6. The Kier molecular flexibility index (Phi) is 30.6. The van der Waals surface area contributed by atoms with Crippen LogP contribution in [0, 0.1) is 0 Å². The Labute approximate surface area is 251 Å². The molecule has 0 aliphatic rings. The topological polar surface area (TPSA) is 59.0 Å². The molecule has 40 heavy (non-hydrogen) atoms. The molecule has 0 saturated carbocycles. The summed E-state index contributed by atoms with van der Waals surface area (Å²) in [6.07, 6.45) is 32.9. The van der Waals surface area contributed by atoms with E-state index in [2.05, 4.69) is 25.8 Å². The monoisotopic (exact) mass is 590 g/mol. The van der Waals surface area contributed by atoms with Gasteiger partial charge in [-0.1, -0.05) is 162 Å². The first-order valence-electron chi connectivity index (χ1n) is 17.8. The Bertz CT molecular complexity index is 548. The zero-order valence-corrected chi connectivity index (χ0v) is 28.5. The zero-order valence-electron chi connectivity index (χ0n) is 27.6. The molecule has 242 valence electrons. The van der Waals surface area contributed by atoms with Crippen molar-refractivity contribution in [2.45, 2.75) is 194 Å². The molecule has 5 nitrogen and oxygen atoms in total. The van der Waals surface area contributed by atoms with Crippen molar-refractivity contribution in [3.05, 3.63) is 0 Å². The van der Waals surface area contributed by atoms with Crippen molar-refractivity contribution < 1.29 is 18.5 Å². The Morgan fingerprint density at radius 2 is 0.950 bits per heavy atom. The highest BCUT2D eigenvalue weighted by molar-refractivity contribution is 7.47. The van der Waals surface area contributed by atoms with Crippen LogP contribution in [-0.4, -0.2) is 42.6 Å². The van der Waals surface area contributed by atoms with E-state index in [9.17, 15) is 9.46 Å². The highest BCUT2D eigenvalue weighted by Crippen LogP contribution is 2.45.